The number of methoxy groups -OCH3 is 1. The third-order valence-corrected chi connectivity index (χ3v) is 6.65. The van der Waals surface area contributed by atoms with Crippen LogP contribution in [0, 0.1) is 11.0 Å². The molecule has 0 aliphatic heterocycles. The molecule has 0 radical (unpaired) electrons. The van der Waals surface area contributed by atoms with E-state index in [-0.39, 0.29) is 26.5 Å². The van der Waals surface area contributed by atoms with Gasteiger partial charge in [-0.1, -0.05) is 45.2 Å². The van der Waals surface area contributed by atoms with E-state index in [0.29, 0.717) is 40.4 Å². The number of aromatic nitrogens is 9. The Morgan fingerprint density at radius 3 is 2.55 bits per heavy atom. The van der Waals surface area contributed by atoms with Gasteiger partial charge in [-0.3, -0.25) is 4.68 Å². The molecule has 0 fully saturated rings. The first kappa shape index (κ1) is 26.0. The van der Waals surface area contributed by atoms with Gasteiger partial charge in [-0.25, -0.2) is 13.8 Å². The quantitative estimate of drug-likeness (QED) is 0.199. The third-order valence-electron chi connectivity index (χ3n) is 5.94. The first-order valence-electron chi connectivity index (χ1n) is 11.2. The standard InChI is InChI=1S/C23H19Cl3FN9O2/c1-33-22(23(26)30-31-33)14-9-28-34(10-14)16(7-8-38-2)17-5-3-13(11-36(17)37)20-18(6-4-15(24)21(20)27)35-12-19(25)29-32-35/h3-6,9-12,16H,7-8H2,1-2H3. The van der Waals surface area contributed by atoms with Crippen LogP contribution in [0.25, 0.3) is 28.1 Å². The summed E-state index contributed by atoms with van der Waals surface area (Å²) in [5.41, 5.74) is 2.30. The van der Waals surface area contributed by atoms with Gasteiger partial charge < -0.3 is 9.94 Å². The van der Waals surface area contributed by atoms with E-state index in [9.17, 15) is 5.21 Å². The minimum Gasteiger partial charge on any atom is -0.618 e. The van der Waals surface area contributed by atoms with E-state index in [4.69, 9.17) is 39.5 Å². The van der Waals surface area contributed by atoms with Crippen molar-refractivity contribution < 1.29 is 13.9 Å². The fraction of sp³-hybridized carbons (Fsp3) is 0.217. The van der Waals surface area contributed by atoms with Gasteiger partial charge in [0.1, 0.15) is 11.7 Å². The number of hydrogen-bond donors (Lipinski definition) is 0. The molecule has 5 rings (SSSR count). The molecule has 15 heteroatoms. The van der Waals surface area contributed by atoms with Crippen molar-refractivity contribution >= 4 is 34.8 Å². The van der Waals surface area contributed by atoms with Crippen LogP contribution in [0.3, 0.4) is 0 Å². The van der Waals surface area contributed by atoms with Crippen molar-refractivity contribution in [1.82, 2.24) is 39.8 Å². The number of aryl methyl sites for hydroxylation is 1. The summed E-state index contributed by atoms with van der Waals surface area (Å²) in [4.78, 5) is 0. The molecule has 0 amide bonds. The van der Waals surface area contributed by atoms with Crippen LogP contribution in [-0.2, 0) is 11.8 Å². The lowest BCUT2D eigenvalue weighted by molar-refractivity contribution is -0.615. The molecule has 0 N–H and O–H groups in total. The van der Waals surface area contributed by atoms with Gasteiger partial charge in [-0.2, -0.15) is 9.83 Å². The molecule has 196 valence electrons. The molecule has 4 aromatic heterocycles. The van der Waals surface area contributed by atoms with Gasteiger partial charge >= 0.3 is 0 Å². The van der Waals surface area contributed by atoms with Crippen LogP contribution in [0.4, 0.5) is 4.39 Å². The molecule has 0 spiro atoms. The van der Waals surface area contributed by atoms with Gasteiger partial charge in [0.05, 0.1) is 34.2 Å². The lowest BCUT2D eigenvalue weighted by Crippen LogP contribution is -2.36. The number of pyridine rings is 1. The number of halogens is 4. The molecule has 5 aromatic rings. The lowest BCUT2D eigenvalue weighted by atomic mass is 10.0. The van der Waals surface area contributed by atoms with Crippen LogP contribution < -0.4 is 4.73 Å². The summed E-state index contributed by atoms with van der Waals surface area (Å²) in [6, 6.07) is 5.70. The lowest BCUT2D eigenvalue weighted by Gasteiger charge is -2.18. The predicted octanol–water partition coefficient (Wildman–Crippen LogP) is 4.28. The molecule has 0 bridgehead atoms. The van der Waals surface area contributed by atoms with Crippen molar-refractivity contribution in [1.29, 1.82) is 0 Å². The van der Waals surface area contributed by atoms with Gasteiger partial charge in [0.25, 0.3) is 0 Å². The normalized spacial score (nSPS) is 12.3. The minimum atomic E-state index is -0.710. The highest BCUT2D eigenvalue weighted by molar-refractivity contribution is 6.32. The predicted molar refractivity (Wildman–Crippen MR) is 138 cm³/mol. The monoisotopic (exact) mass is 577 g/mol. The van der Waals surface area contributed by atoms with Crippen molar-refractivity contribution in [2.45, 2.75) is 12.5 Å². The summed E-state index contributed by atoms with van der Waals surface area (Å²) < 4.78 is 25.7. The number of hydrogen-bond acceptors (Lipinski definition) is 7. The Morgan fingerprint density at radius 1 is 1.08 bits per heavy atom. The Hall–Kier alpha value is -3.58. The van der Waals surface area contributed by atoms with E-state index < -0.39 is 11.9 Å². The molecular formula is C23H19Cl3FN9O2. The highest BCUT2D eigenvalue weighted by Crippen LogP contribution is 2.34. The van der Waals surface area contributed by atoms with Crippen LogP contribution in [-0.4, -0.2) is 53.5 Å². The number of rotatable bonds is 8. The number of benzene rings is 1. The smallest absolute Gasteiger partial charge is 0.217 e. The van der Waals surface area contributed by atoms with Gasteiger partial charge in [0, 0.05) is 45.0 Å². The SMILES string of the molecule is COCCC(c1ccc(-c2c(-n3cc(Cl)nn3)ccc(Cl)c2F)c[n+]1[O-])n1cc(-c2c(Cl)nnn2C)cn1. The fourth-order valence-electron chi connectivity index (χ4n) is 4.18. The van der Waals surface area contributed by atoms with E-state index in [2.05, 4.69) is 25.7 Å². The Morgan fingerprint density at radius 2 is 1.89 bits per heavy atom. The Balaban J connectivity index is 1.57. The molecule has 0 saturated carbocycles. The summed E-state index contributed by atoms with van der Waals surface area (Å²) in [6.07, 6.45) is 6.50. The Bertz CT molecular complexity index is 1600. The van der Waals surface area contributed by atoms with Gasteiger partial charge in [0.2, 0.25) is 5.69 Å². The van der Waals surface area contributed by atoms with Crippen LogP contribution in [0.5, 0.6) is 0 Å². The van der Waals surface area contributed by atoms with Gasteiger partial charge in [-0.15, -0.1) is 10.2 Å². The summed E-state index contributed by atoms with van der Waals surface area (Å²) in [6.45, 7) is 0.357. The highest BCUT2D eigenvalue weighted by atomic mass is 35.5. The van der Waals surface area contributed by atoms with E-state index >= 15 is 4.39 Å². The molecule has 1 unspecified atom stereocenters. The zero-order valence-corrected chi connectivity index (χ0v) is 22.2. The molecule has 1 aromatic carbocycles. The molecule has 0 aliphatic carbocycles. The molecule has 11 nitrogen and oxygen atoms in total. The van der Waals surface area contributed by atoms with Crippen molar-refractivity contribution in [2.75, 3.05) is 13.7 Å². The molecular weight excluding hydrogens is 560 g/mol. The van der Waals surface area contributed by atoms with E-state index in [1.165, 1.54) is 27.8 Å². The summed E-state index contributed by atoms with van der Waals surface area (Å²) >= 11 is 18.2. The second kappa shape index (κ2) is 10.7. The van der Waals surface area contributed by atoms with Gasteiger partial charge in [-0.05, 0) is 18.2 Å². The molecule has 4 heterocycles. The minimum absolute atomic E-state index is 0.0726. The Kier molecular flexibility index (Phi) is 7.30. The van der Waals surface area contributed by atoms with E-state index in [1.807, 2.05) is 0 Å². The molecule has 38 heavy (non-hydrogen) atoms. The van der Waals surface area contributed by atoms with Crippen LogP contribution >= 0.6 is 34.8 Å². The largest absolute Gasteiger partial charge is 0.618 e. The average molecular weight is 579 g/mol. The summed E-state index contributed by atoms with van der Waals surface area (Å²) in [7, 11) is 3.29. The highest BCUT2D eigenvalue weighted by Gasteiger charge is 2.26. The van der Waals surface area contributed by atoms with Crippen molar-refractivity contribution in [3.05, 3.63) is 81.1 Å². The molecule has 0 aliphatic rings. The fourth-order valence-corrected chi connectivity index (χ4v) is 4.73. The summed E-state index contributed by atoms with van der Waals surface area (Å²) in [5, 5.41) is 33.5. The van der Waals surface area contributed by atoms with Crippen molar-refractivity contribution in [2.24, 2.45) is 7.05 Å². The molecule has 1 atom stereocenters. The zero-order chi connectivity index (χ0) is 27.0. The first-order chi connectivity index (χ1) is 18.3. The van der Waals surface area contributed by atoms with Crippen LogP contribution in [0.15, 0.2) is 49.1 Å². The number of ether oxygens (including phenoxy) is 1. The maximum atomic E-state index is 15.3. The number of nitrogens with zero attached hydrogens (tertiary/aromatic N) is 9. The van der Waals surface area contributed by atoms with Gasteiger partial charge in [0.15, 0.2) is 22.3 Å². The zero-order valence-electron chi connectivity index (χ0n) is 20.0. The van der Waals surface area contributed by atoms with Crippen molar-refractivity contribution in [3.63, 3.8) is 0 Å². The Labute approximate surface area is 230 Å². The van der Waals surface area contributed by atoms with E-state index in [1.54, 1.807) is 49.4 Å². The van der Waals surface area contributed by atoms with Crippen LogP contribution in [0.2, 0.25) is 15.3 Å². The first-order valence-corrected chi connectivity index (χ1v) is 12.3. The third kappa shape index (κ3) is 4.83. The second-order valence-corrected chi connectivity index (χ2v) is 9.42. The maximum absolute atomic E-state index is 15.3. The average Bonchev–Trinajstić information content (AvgIpc) is 3.62. The summed E-state index contributed by atoms with van der Waals surface area (Å²) in [5.74, 6) is -0.710. The van der Waals surface area contributed by atoms with Crippen LogP contribution in [0.1, 0.15) is 18.2 Å². The topological polar surface area (TPSA) is 115 Å². The second-order valence-electron chi connectivity index (χ2n) is 8.27. The maximum Gasteiger partial charge on any atom is 0.217 e. The van der Waals surface area contributed by atoms with E-state index in [0.717, 1.165) is 0 Å². The van der Waals surface area contributed by atoms with Crippen molar-refractivity contribution in [3.8, 4) is 28.1 Å². The molecule has 0 saturated heterocycles.